The first-order valence-electron chi connectivity index (χ1n) is 12.1. The van der Waals surface area contributed by atoms with Crippen molar-refractivity contribution in [3.05, 3.63) is 34.9 Å². The molecule has 3 rings (SSSR count). The number of nitrogens with zero attached hydrogens (tertiary/aromatic N) is 3. The van der Waals surface area contributed by atoms with Gasteiger partial charge in [0.05, 0.1) is 6.26 Å². The molecule has 38 heavy (non-hydrogen) atoms. The van der Waals surface area contributed by atoms with Gasteiger partial charge >= 0.3 is 18.4 Å². The number of piperazine rings is 1. The molecule has 0 radical (unpaired) electrons. The van der Waals surface area contributed by atoms with Crippen molar-refractivity contribution < 1.29 is 44.3 Å². The van der Waals surface area contributed by atoms with Gasteiger partial charge in [0.1, 0.15) is 0 Å². The first-order chi connectivity index (χ1) is 17.5. The summed E-state index contributed by atoms with van der Waals surface area (Å²) in [7, 11) is -3.24. The van der Waals surface area contributed by atoms with Gasteiger partial charge in [-0.05, 0) is 36.5 Å². The lowest BCUT2D eigenvalue weighted by Gasteiger charge is -2.35. The number of nitrogens with one attached hydrogen (secondary N) is 1. The number of likely N-dealkylation sites (tertiary alicyclic amines) is 1. The second kappa shape index (κ2) is 12.0. The molecule has 2 fully saturated rings. The summed E-state index contributed by atoms with van der Waals surface area (Å²) in [6.07, 6.45) is -14.7. The number of carbonyl (C=O) groups is 1. The second-order valence-electron chi connectivity index (χ2n) is 9.75. The van der Waals surface area contributed by atoms with Crippen molar-refractivity contribution in [1.82, 2.24) is 19.4 Å². The fourth-order valence-electron chi connectivity index (χ4n) is 4.66. The number of halogens is 6. The van der Waals surface area contributed by atoms with E-state index in [1.54, 1.807) is 0 Å². The molecule has 8 nitrogen and oxygen atoms in total. The second-order valence-corrected chi connectivity index (χ2v) is 11.5. The first kappa shape index (κ1) is 30.4. The van der Waals surface area contributed by atoms with Crippen LogP contribution in [0.4, 0.5) is 31.1 Å². The van der Waals surface area contributed by atoms with Crippen LogP contribution in [0.3, 0.4) is 0 Å². The van der Waals surface area contributed by atoms with Gasteiger partial charge < -0.3 is 9.64 Å². The summed E-state index contributed by atoms with van der Waals surface area (Å²) in [5.41, 5.74) is 3.22. The molecule has 0 aliphatic carbocycles. The zero-order valence-electron chi connectivity index (χ0n) is 21.1. The van der Waals surface area contributed by atoms with E-state index in [9.17, 15) is 39.6 Å². The van der Waals surface area contributed by atoms with Gasteiger partial charge in [0, 0.05) is 58.4 Å². The molecule has 1 N–H and O–H groups in total. The fourth-order valence-corrected chi connectivity index (χ4v) is 5.50. The summed E-state index contributed by atoms with van der Waals surface area (Å²) >= 11 is 0. The van der Waals surface area contributed by atoms with E-state index in [1.165, 1.54) is 0 Å². The number of carbonyl (C=O) groups excluding carboxylic acids is 1. The van der Waals surface area contributed by atoms with Crippen molar-refractivity contribution in [3.63, 3.8) is 0 Å². The lowest BCUT2D eigenvalue weighted by molar-refractivity contribution is -0.308. The topological polar surface area (TPSA) is 82.2 Å². The Hall–Kier alpha value is -2.10. The predicted octanol–water partition coefficient (Wildman–Crippen LogP) is 3.26. The standard InChI is InChI=1S/C23H32F6N4O4S/c1-16-17(14-31-8-6-19(7-9-31)30-38(2,35)36)4-3-5-18(16)15-32-10-12-33(13-11-32)21(34)37-20(22(24,25)26)23(27,28)29/h3-5,19-20,30H,6-15H2,1-2H3. The van der Waals surface area contributed by atoms with Gasteiger partial charge in [0.2, 0.25) is 10.0 Å². The van der Waals surface area contributed by atoms with E-state index in [2.05, 4.69) is 14.4 Å². The van der Waals surface area contributed by atoms with Crippen molar-refractivity contribution in [3.8, 4) is 0 Å². The minimum absolute atomic E-state index is 0.0591. The average Bonchev–Trinajstić information content (AvgIpc) is 2.79. The third kappa shape index (κ3) is 8.71. The van der Waals surface area contributed by atoms with Crippen LogP contribution in [0.1, 0.15) is 29.5 Å². The van der Waals surface area contributed by atoms with Crippen molar-refractivity contribution in [2.45, 2.75) is 57.4 Å². The third-order valence-corrected chi connectivity index (χ3v) is 7.52. The van der Waals surface area contributed by atoms with Gasteiger partial charge in [0.25, 0.3) is 6.10 Å². The van der Waals surface area contributed by atoms with E-state index in [0.29, 0.717) is 25.9 Å². The Balaban J connectivity index is 1.51. The van der Waals surface area contributed by atoms with Gasteiger partial charge in [0.15, 0.2) is 0 Å². The largest absolute Gasteiger partial charge is 0.434 e. The molecule has 2 heterocycles. The fraction of sp³-hybridized carbons (Fsp3) is 0.696. The molecule has 1 aromatic carbocycles. The quantitative estimate of drug-likeness (QED) is 0.504. The van der Waals surface area contributed by atoms with Gasteiger partial charge in [-0.2, -0.15) is 26.3 Å². The number of piperidine rings is 1. The Bertz CT molecular complexity index is 1050. The summed E-state index contributed by atoms with van der Waals surface area (Å²) in [6.45, 7) is 5.11. The number of sulfonamides is 1. The predicted molar refractivity (Wildman–Crippen MR) is 127 cm³/mol. The van der Waals surface area contributed by atoms with Crippen LogP contribution in [0.15, 0.2) is 18.2 Å². The van der Waals surface area contributed by atoms with Gasteiger partial charge in [-0.25, -0.2) is 17.9 Å². The Morgan fingerprint density at radius 3 is 1.87 bits per heavy atom. The summed E-state index contributed by atoms with van der Waals surface area (Å²) in [6, 6.07) is 5.83. The molecule has 2 aliphatic heterocycles. The van der Waals surface area contributed by atoms with E-state index < -0.39 is 34.6 Å². The Morgan fingerprint density at radius 1 is 0.947 bits per heavy atom. The summed E-state index contributed by atoms with van der Waals surface area (Å²) in [5.74, 6) is 0. The van der Waals surface area contributed by atoms with Crippen LogP contribution in [-0.4, -0.2) is 99.2 Å². The number of hydrogen-bond acceptors (Lipinski definition) is 6. The lowest BCUT2D eigenvalue weighted by Crippen LogP contribution is -2.52. The van der Waals surface area contributed by atoms with Crippen LogP contribution in [0.2, 0.25) is 0 Å². The number of amides is 1. The van der Waals surface area contributed by atoms with Crippen LogP contribution in [0, 0.1) is 6.92 Å². The minimum atomic E-state index is -5.75. The molecule has 2 aliphatic rings. The van der Waals surface area contributed by atoms with Crippen LogP contribution in [0.25, 0.3) is 0 Å². The summed E-state index contributed by atoms with van der Waals surface area (Å²) < 4.78 is 105. The molecular weight excluding hydrogens is 542 g/mol. The van der Waals surface area contributed by atoms with Crippen molar-refractivity contribution >= 4 is 16.1 Å². The van der Waals surface area contributed by atoms with E-state index in [-0.39, 0.29) is 32.2 Å². The molecule has 1 amide bonds. The maximum absolute atomic E-state index is 12.7. The van der Waals surface area contributed by atoms with E-state index in [1.807, 2.05) is 30.0 Å². The normalized spacial score (nSPS) is 19.2. The number of ether oxygens (including phenoxy) is 1. The molecule has 0 unspecified atom stereocenters. The van der Waals surface area contributed by atoms with Crippen molar-refractivity contribution in [1.29, 1.82) is 0 Å². The maximum Gasteiger partial charge on any atom is 0.434 e. The monoisotopic (exact) mass is 574 g/mol. The smallest absolute Gasteiger partial charge is 0.426 e. The Kier molecular flexibility index (Phi) is 9.58. The van der Waals surface area contributed by atoms with E-state index in [0.717, 1.165) is 40.9 Å². The highest BCUT2D eigenvalue weighted by Gasteiger charge is 2.60. The van der Waals surface area contributed by atoms with E-state index >= 15 is 0 Å². The number of hydrogen-bond donors (Lipinski definition) is 1. The van der Waals surface area contributed by atoms with Crippen molar-refractivity contribution in [2.24, 2.45) is 0 Å². The summed E-state index contributed by atoms with van der Waals surface area (Å²) in [5, 5.41) is 0. The highest BCUT2D eigenvalue weighted by atomic mass is 32.2. The lowest BCUT2D eigenvalue weighted by atomic mass is 9.99. The highest BCUT2D eigenvalue weighted by Crippen LogP contribution is 2.36. The number of benzene rings is 1. The summed E-state index contributed by atoms with van der Waals surface area (Å²) in [4.78, 5) is 17.1. The van der Waals surface area contributed by atoms with Crippen LogP contribution in [0.5, 0.6) is 0 Å². The van der Waals surface area contributed by atoms with Gasteiger partial charge in [-0.15, -0.1) is 0 Å². The molecule has 1 aromatic rings. The first-order valence-corrected chi connectivity index (χ1v) is 14.0. The number of rotatable bonds is 7. The molecular formula is C23H32F6N4O4S. The molecule has 0 atom stereocenters. The van der Waals surface area contributed by atoms with Gasteiger partial charge in [-0.1, -0.05) is 18.2 Å². The zero-order chi connectivity index (χ0) is 28.3. The molecule has 15 heteroatoms. The van der Waals surface area contributed by atoms with Crippen LogP contribution in [-0.2, 0) is 27.8 Å². The van der Waals surface area contributed by atoms with E-state index in [4.69, 9.17) is 0 Å². The Labute approximate surface area is 217 Å². The molecule has 216 valence electrons. The average molecular weight is 575 g/mol. The number of alkyl halides is 6. The highest BCUT2D eigenvalue weighted by molar-refractivity contribution is 7.88. The van der Waals surface area contributed by atoms with Crippen LogP contribution < -0.4 is 4.72 Å². The van der Waals surface area contributed by atoms with Crippen molar-refractivity contribution in [2.75, 3.05) is 45.5 Å². The molecule has 0 bridgehead atoms. The van der Waals surface area contributed by atoms with Gasteiger partial charge in [-0.3, -0.25) is 9.80 Å². The van der Waals surface area contributed by atoms with Crippen LogP contribution >= 0.6 is 0 Å². The minimum Gasteiger partial charge on any atom is -0.426 e. The zero-order valence-corrected chi connectivity index (χ0v) is 21.9. The maximum atomic E-state index is 12.7. The molecule has 0 spiro atoms. The molecule has 2 saturated heterocycles. The molecule has 0 aromatic heterocycles. The molecule has 0 saturated carbocycles. The third-order valence-electron chi connectivity index (χ3n) is 6.76. The Morgan fingerprint density at radius 2 is 1.42 bits per heavy atom. The SMILES string of the molecule is Cc1c(CN2CCC(NS(C)(=O)=O)CC2)cccc1CN1CCN(C(=O)OC(C(F)(F)F)C(F)(F)F)CC1.